The topological polar surface area (TPSA) is 29.5 Å². The molecule has 4 atom stereocenters. The first-order valence-electron chi connectivity index (χ1n) is 8.11. The lowest BCUT2D eigenvalue weighted by Gasteiger charge is -2.33. The highest BCUT2D eigenvalue weighted by Gasteiger charge is 2.39. The summed E-state index contributed by atoms with van der Waals surface area (Å²) < 4.78 is 5.90. The average molecular weight is 252 g/mol. The molecular formula is C16H28O2. The molecule has 2 heteroatoms. The SMILES string of the molecule is OCC1CC2CC(CC3CCCCC3)CCC2O1. The van der Waals surface area contributed by atoms with E-state index in [0.717, 1.165) is 24.2 Å². The van der Waals surface area contributed by atoms with Crippen LogP contribution in [0.15, 0.2) is 0 Å². The van der Waals surface area contributed by atoms with E-state index in [9.17, 15) is 5.11 Å². The second kappa shape index (κ2) is 5.92. The Labute approximate surface area is 111 Å². The van der Waals surface area contributed by atoms with Gasteiger partial charge in [0.25, 0.3) is 0 Å². The van der Waals surface area contributed by atoms with Gasteiger partial charge in [0, 0.05) is 0 Å². The van der Waals surface area contributed by atoms with Gasteiger partial charge < -0.3 is 9.84 Å². The first-order chi connectivity index (χ1) is 8.85. The average Bonchev–Trinajstić information content (AvgIpc) is 2.82. The van der Waals surface area contributed by atoms with Crippen LogP contribution >= 0.6 is 0 Å². The van der Waals surface area contributed by atoms with Crippen molar-refractivity contribution in [2.75, 3.05) is 6.61 Å². The molecule has 0 spiro atoms. The molecule has 1 aliphatic heterocycles. The van der Waals surface area contributed by atoms with E-state index in [0.29, 0.717) is 6.10 Å². The molecule has 18 heavy (non-hydrogen) atoms. The second-order valence-corrected chi connectivity index (χ2v) is 6.89. The Kier molecular flexibility index (Phi) is 4.25. The standard InChI is InChI=1S/C16H28O2/c17-11-15-10-14-9-13(6-7-16(14)18-15)8-12-4-2-1-3-5-12/h12-17H,1-11H2. The maximum atomic E-state index is 9.21. The quantitative estimate of drug-likeness (QED) is 0.832. The van der Waals surface area contributed by atoms with Crippen LogP contribution in [0.2, 0.25) is 0 Å². The van der Waals surface area contributed by atoms with Gasteiger partial charge in [-0.25, -0.2) is 0 Å². The molecule has 2 nitrogen and oxygen atoms in total. The molecule has 3 rings (SSSR count). The first kappa shape index (κ1) is 12.9. The number of hydrogen-bond donors (Lipinski definition) is 1. The third-order valence-electron chi connectivity index (χ3n) is 5.55. The highest BCUT2D eigenvalue weighted by Crippen LogP contribution is 2.43. The minimum Gasteiger partial charge on any atom is -0.394 e. The summed E-state index contributed by atoms with van der Waals surface area (Å²) in [6.07, 6.45) is 14.6. The lowest BCUT2D eigenvalue weighted by Crippen LogP contribution is -2.27. The van der Waals surface area contributed by atoms with Gasteiger partial charge in [-0.1, -0.05) is 32.1 Å². The van der Waals surface area contributed by atoms with Crippen molar-refractivity contribution in [3.05, 3.63) is 0 Å². The third-order valence-corrected chi connectivity index (χ3v) is 5.55. The smallest absolute Gasteiger partial charge is 0.0813 e. The summed E-state index contributed by atoms with van der Waals surface area (Å²) in [5.74, 6) is 2.73. The van der Waals surface area contributed by atoms with Crippen LogP contribution in [-0.2, 0) is 4.74 Å². The maximum Gasteiger partial charge on any atom is 0.0813 e. The van der Waals surface area contributed by atoms with Crippen LogP contribution < -0.4 is 0 Å². The minimum atomic E-state index is 0.147. The number of fused-ring (bicyclic) bond motifs is 1. The van der Waals surface area contributed by atoms with Crippen LogP contribution in [0, 0.1) is 17.8 Å². The predicted octanol–water partition coefficient (Wildman–Crippen LogP) is 3.52. The van der Waals surface area contributed by atoms with Gasteiger partial charge in [-0.15, -0.1) is 0 Å². The molecule has 0 aromatic rings. The summed E-state index contributed by atoms with van der Waals surface area (Å²) in [5.41, 5.74) is 0. The van der Waals surface area contributed by atoms with E-state index in [1.54, 1.807) is 0 Å². The second-order valence-electron chi connectivity index (χ2n) is 6.89. The van der Waals surface area contributed by atoms with Crippen LogP contribution in [0.3, 0.4) is 0 Å². The van der Waals surface area contributed by atoms with E-state index in [4.69, 9.17) is 4.74 Å². The molecule has 3 fully saturated rings. The van der Waals surface area contributed by atoms with Crippen molar-refractivity contribution >= 4 is 0 Å². The largest absolute Gasteiger partial charge is 0.394 e. The van der Waals surface area contributed by atoms with Crippen LogP contribution in [-0.4, -0.2) is 23.9 Å². The predicted molar refractivity (Wildman–Crippen MR) is 72.4 cm³/mol. The van der Waals surface area contributed by atoms with E-state index in [1.807, 2.05) is 0 Å². The Hall–Kier alpha value is -0.0800. The fourth-order valence-corrected chi connectivity index (χ4v) is 4.63. The Morgan fingerprint density at radius 1 is 0.889 bits per heavy atom. The third kappa shape index (κ3) is 2.91. The summed E-state index contributed by atoms with van der Waals surface area (Å²) in [7, 11) is 0. The molecule has 0 aromatic carbocycles. The minimum absolute atomic E-state index is 0.147. The van der Waals surface area contributed by atoms with Crippen molar-refractivity contribution in [1.29, 1.82) is 0 Å². The van der Waals surface area contributed by atoms with Crippen molar-refractivity contribution in [3.63, 3.8) is 0 Å². The summed E-state index contributed by atoms with van der Waals surface area (Å²) in [5, 5.41) is 9.21. The van der Waals surface area contributed by atoms with Crippen molar-refractivity contribution in [1.82, 2.24) is 0 Å². The van der Waals surface area contributed by atoms with Crippen molar-refractivity contribution in [2.24, 2.45) is 17.8 Å². The summed E-state index contributed by atoms with van der Waals surface area (Å²) in [6.45, 7) is 0.223. The van der Waals surface area contributed by atoms with Crippen LogP contribution in [0.25, 0.3) is 0 Å². The van der Waals surface area contributed by atoms with Crippen LogP contribution in [0.1, 0.15) is 64.2 Å². The van der Waals surface area contributed by atoms with Gasteiger partial charge in [0.15, 0.2) is 0 Å². The molecular weight excluding hydrogens is 224 g/mol. The zero-order chi connectivity index (χ0) is 12.4. The lowest BCUT2D eigenvalue weighted by atomic mass is 9.73. The lowest BCUT2D eigenvalue weighted by molar-refractivity contribution is -0.0132. The first-order valence-corrected chi connectivity index (χ1v) is 8.11. The molecule has 1 heterocycles. The maximum absolute atomic E-state index is 9.21. The summed E-state index contributed by atoms with van der Waals surface area (Å²) in [6, 6.07) is 0. The number of aliphatic hydroxyl groups is 1. The normalized spacial score (nSPS) is 41.8. The fourth-order valence-electron chi connectivity index (χ4n) is 4.63. The molecule has 1 saturated heterocycles. The Morgan fingerprint density at radius 3 is 2.50 bits per heavy atom. The Bertz CT molecular complexity index is 260. The molecule has 4 unspecified atom stereocenters. The molecule has 0 aromatic heterocycles. The van der Waals surface area contributed by atoms with Gasteiger partial charge in [-0.05, 0) is 49.9 Å². The van der Waals surface area contributed by atoms with Gasteiger partial charge >= 0.3 is 0 Å². The fraction of sp³-hybridized carbons (Fsp3) is 1.00. The van der Waals surface area contributed by atoms with Gasteiger partial charge in [-0.3, -0.25) is 0 Å². The molecule has 2 saturated carbocycles. The Morgan fingerprint density at radius 2 is 1.72 bits per heavy atom. The molecule has 0 amide bonds. The van der Waals surface area contributed by atoms with E-state index < -0.39 is 0 Å². The molecule has 0 bridgehead atoms. The van der Waals surface area contributed by atoms with E-state index in [1.165, 1.54) is 57.8 Å². The number of ether oxygens (including phenoxy) is 1. The van der Waals surface area contributed by atoms with Crippen molar-refractivity contribution in [3.8, 4) is 0 Å². The molecule has 104 valence electrons. The number of rotatable bonds is 3. The van der Waals surface area contributed by atoms with Crippen LogP contribution in [0.4, 0.5) is 0 Å². The zero-order valence-electron chi connectivity index (χ0n) is 11.5. The molecule has 2 aliphatic carbocycles. The summed E-state index contributed by atoms with van der Waals surface area (Å²) >= 11 is 0. The van der Waals surface area contributed by atoms with Gasteiger partial charge in [0.1, 0.15) is 0 Å². The van der Waals surface area contributed by atoms with Crippen molar-refractivity contribution in [2.45, 2.75) is 76.4 Å². The van der Waals surface area contributed by atoms with E-state index in [-0.39, 0.29) is 12.7 Å². The summed E-state index contributed by atoms with van der Waals surface area (Å²) in [4.78, 5) is 0. The highest BCUT2D eigenvalue weighted by atomic mass is 16.5. The monoisotopic (exact) mass is 252 g/mol. The molecule has 1 N–H and O–H groups in total. The van der Waals surface area contributed by atoms with E-state index >= 15 is 0 Å². The van der Waals surface area contributed by atoms with Gasteiger partial charge in [-0.2, -0.15) is 0 Å². The van der Waals surface area contributed by atoms with Crippen LogP contribution in [0.5, 0.6) is 0 Å². The van der Waals surface area contributed by atoms with E-state index in [2.05, 4.69) is 0 Å². The zero-order valence-corrected chi connectivity index (χ0v) is 11.5. The number of hydrogen-bond acceptors (Lipinski definition) is 2. The molecule has 0 radical (unpaired) electrons. The highest BCUT2D eigenvalue weighted by molar-refractivity contribution is 4.89. The van der Waals surface area contributed by atoms with Crippen molar-refractivity contribution < 1.29 is 9.84 Å². The Balaban J connectivity index is 1.48. The van der Waals surface area contributed by atoms with Gasteiger partial charge in [0.05, 0.1) is 18.8 Å². The molecule has 3 aliphatic rings. The number of aliphatic hydroxyl groups excluding tert-OH is 1. The van der Waals surface area contributed by atoms with Gasteiger partial charge in [0.2, 0.25) is 0 Å².